The van der Waals surface area contributed by atoms with Gasteiger partial charge in [0.15, 0.2) is 0 Å². The van der Waals surface area contributed by atoms with Crippen molar-refractivity contribution in [3.05, 3.63) is 35.2 Å². The van der Waals surface area contributed by atoms with Crippen molar-refractivity contribution in [3.63, 3.8) is 0 Å². The average Bonchev–Trinajstić information content (AvgIpc) is 3.25. The van der Waals surface area contributed by atoms with E-state index in [1.807, 2.05) is 37.7 Å². The molecular weight excluding hydrogens is 264 g/mol. The number of rotatable bonds is 5. The zero-order valence-corrected chi connectivity index (χ0v) is 12.7. The fourth-order valence-electron chi connectivity index (χ4n) is 2.61. The normalized spacial score (nSPS) is 14.2. The number of aldehydes is 1. The van der Waals surface area contributed by atoms with Crippen molar-refractivity contribution in [2.45, 2.75) is 26.7 Å². The molecule has 4 heteroatoms. The maximum atomic E-state index is 11.2. The summed E-state index contributed by atoms with van der Waals surface area (Å²) in [7, 11) is 1.93. The molecule has 0 bridgehead atoms. The molecule has 0 amide bonds. The number of ether oxygens (including phenoxy) is 1. The van der Waals surface area contributed by atoms with Gasteiger partial charge in [-0.25, -0.2) is 0 Å². The van der Waals surface area contributed by atoms with Crippen LogP contribution in [-0.4, -0.2) is 22.7 Å². The van der Waals surface area contributed by atoms with Crippen LogP contribution in [0.3, 0.4) is 0 Å². The highest BCUT2D eigenvalue weighted by Gasteiger charge is 2.22. The predicted octanol–water partition coefficient (Wildman–Crippen LogP) is 3.31. The first-order valence-corrected chi connectivity index (χ1v) is 7.32. The van der Waals surface area contributed by atoms with Crippen LogP contribution in [0.5, 0.6) is 5.75 Å². The van der Waals surface area contributed by atoms with E-state index in [9.17, 15) is 4.79 Å². The molecule has 1 saturated carbocycles. The summed E-state index contributed by atoms with van der Waals surface area (Å²) >= 11 is 0. The van der Waals surface area contributed by atoms with Crippen molar-refractivity contribution >= 4 is 6.29 Å². The van der Waals surface area contributed by atoms with Crippen LogP contribution in [0.1, 0.15) is 34.6 Å². The summed E-state index contributed by atoms with van der Waals surface area (Å²) < 4.78 is 7.70. The van der Waals surface area contributed by atoms with Gasteiger partial charge in [-0.15, -0.1) is 0 Å². The fraction of sp³-hybridized carbons (Fsp3) is 0.412. The van der Waals surface area contributed by atoms with Gasteiger partial charge in [0.2, 0.25) is 0 Å². The average molecular weight is 284 g/mol. The van der Waals surface area contributed by atoms with Gasteiger partial charge < -0.3 is 4.74 Å². The first-order chi connectivity index (χ1) is 10.1. The summed E-state index contributed by atoms with van der Waals surface area (Å²) in [5, 5.41) is 4.44. The largest absolute Gasteiger partial charge is 0.493 e. The minimum atomic E-state index is 0.640. The first-order valence-electron chi connectivity index (χ1n) is 7.32. The van der Waals surface area contributed by atoms with Crippen LogP contribution in [0.2, 0.25) is 0 Å². The molecule has 0 saturated heterocycles. The van der Waals surface area contributed by atoms with Gasteiger partial charge in [-0.2, -0.15) is 5.10 Å². The number of nitrogens with zero attached hydrogens (tertiary/aromatic N) is 2. The minimum Gasteiger partial charge on any atom is -0.493 e. The van der Waals surface area contributed by atoms with Gasteiger partial charge in [-0.1, -0.05) is 0 Å². The standard InChI is InChI=1S/C17H20N2O2/c1-11-17(12(2)19(3)18-11)15-6-14(9-20)7-16(8-15)21-10-13-4-5-13/h6-9,13H,4-5,10H2,1-3H3. The van der Waals surface area contributed by atoms with Crippen molar-refractivity contribution in [2.75, 3.05) is 6.61 Å². The Bertz CT molecular complexity index is 684. The van der Waals surface area contributed by atoms with Crippen molar-refractivity contribution in [1.29, 1.82) is 0 Å². The van der Waals surface area contributed by atoms with Gasteiger partial charge >= 0.3 is 0 Å². The van der Waals surface area contributed by atoms with Crippen molar-refractivity contribution in [1.82, 2.24) is 9.78 Å². The maximum Gasteiger partial charge on any atom is 0.150 e. The van der Waals surface area contributed by atoms with E-state index in [1.54, 1.807) is 6.07 Å². The van der Waals surface area contributed by atoms with Crippen molar-refractivity contribution < 1.29 is 9.53 Å². The molecule has 1 aliphatic rings. The molecule has 1 heterocycles. The van der Waals surface area contributed by atoms with E-state index in [-0.39, 0.29) is 0 Å². The predicted molar refractivity (Wildman–Crippen MR) is 81.7 cm³/mol. The summed E-state index contributed by atoms with van der Waals surface area (Å²) in [6.07, 6.45) is 3.37. The minimum absolute atomic E-state index is 0.640. The lowest BCUT2D eigenvalue weighted by atomic mass is 10.0. The monoisotopic (exact) mass is 284 g/mol. The number of hydrogen-bond acceptors (Lipinski definition) is 3. The summed E-state index contributed by atoms with van der Waals surface area (Å²) in [6, 6.07) is 5.71. The Hall–Kier alpha value is -2.10. The Kier molecular flexibility index (Phi) is 3.53. The van der Waals surface area contributed by atoms with Gasteiger partial charge in [0.25, 0.3) is 0 Å². The third kappa shape index (κ3) is 2.84. The number of benzene rings is 1. The van der Waals surface area contributed by atoms with Crippen LogP contribution in [0.15, 0.2) is 18.2 Å². The number of hydrogen-bond donors (Lipinski definition) is 0. The molecule has 110 valence electrons. The Balaban J connectivity index is 1.99. The molecule has 0 N–H and O–H groups in total. The van der Waals surface area contributed by atoms with E-state index in [2.05, 4.69) is 5.10 Å². The summed E-state index contributed by atoms with van der Waals surface area (Å²) in [5.74, 6) is 1.46. The molecule has 3 rings (SSSR count). The molecule has 0 spiro atoms. The number of carbonyl (C=O) groups is 1. The number of aromatic nitrogens is 2. The maximum absolute atomic E-state index is 11.2. The highest BCUT2D eigenvalue weighted by atomic mass is 16.5. The number of aryl methyl sites for hydroxylation is 2. The van der Waals surface area contributed by atoms with Crippen molar-refractivity contribution in [2.24, 2.45) is 13.0 Å². The second-order valence-corrected chi connectivity index (χ2v) is 5.83. The van der Waals surface area contributed by atoms with Crippen LogP contribution in [0, 0.1) is 19.8 Å². The zero-order valence-electron chi connectivity index (χ0n) is 12.7. The van der Waals surface area contributed by atoms with E-state index in [4.69, 9.17) is 4.74 Å². The second-order valence-electron chi connectivity index (χ2n) is 5.83. The van der Waals surface area contributed by atoms with E-state index in [0.29, 0.717) is 11.5 Å². The summed E-state index contributed by atoms with van der Waals surface area (Å²) in [6.45, 7) is 4.76. The van der Waals surface area contributed by atoms with Gasteiger partial charge in [-0.3, -0.25) is 9.48 Å². The second kappa shape index (κ2) is 5.35. The van der Waals surface area contributed by atoms with E-state index in [0.717, 1.165) is 41.2 Å². The van der Waals surface area contributed by atoms with Crippen LogP contribution in [0.25, 0.3) is 11.1 Å². The van der Waals surface area contributed by atoms with Crippen LogP contribution < -0.4 is 4.74 Å². The Morgan fingerprint density at radius 2 is 2.10 bits per heavy atom. The van der Waals surface area contributed by atoms with E-state index < -0.39 is 0 Å². The third-order valence-corrected chi connectivity index (χ3v) is 4.05. The summed E-state index contributed by atoms with van der Waals surface area (Å²) in [5.41, 5.74) is 4.77. The lowest BCUT2D eigenvalue weighted by molar-refractivity contribution is 0.112. The van der Waals surface area contributed by atoms with Crippen molar-refractivity contribution in [3.8, 4) is 16.9 Å². The van der Waals surface area contributed by atoms with Crippen LogP contribution in [-0.2, 0) is 7.05 Å². The molecule has 1 aliphatic carbocycles. The first kappa shape index (κ1) is 13.9. The molecule has 21 heavy (non-hydrogen) atoms. The molecule has 1 aromatic carbocycles. The van der Waals surface area contributed by atoms with Gasteiger partial charge in [-0.05, 0) is 56.4 Å². The molecule has 0 unspecified atom stereocenters. The van der Waals surface area contributed by atoms with Crippen LogP contribution >= 0.6 is 0 Å². The lowest BCUT2D eigenvalue weighted by Crippen LogP contribution is -2.00. The molecule has 0 radical (unpaired) electrons. The van der Waals surface area contributed by atoms with Crippen LogP contribution in [0.4, 0.5) is 0 Å². The molecule has 0 aliphatic heterocycles. The number of carbonyl (C=O) groups excluding carboxylic acids is 1. The molecule has 1 fully saturated rings. The molecule has 0 atom stereocenters. The van der Waals surface area contributed by atoms with Gasteiger partial charge in [0.05, 0.1) is 12.3 Å². The highest BCUT2D eigenvalue weighted by Crippen LogP contribution is 2.33. The quantitative estimate of drug-likeness (QED) is 0.791. The van der Waals surface area contributed by atoms with Gasteiger partial charge in [0.1, 0.15) is 12.0 Å². The molecular formula is C17H20N2O2. The fourth-order valence-corrected chi connectivity index (χ4v) is 2.61. The van der Waals surface area contributed by atoms with E-state index >= 15 is 0 Å². The highest BCUT2D eigenvalue weighted by molar-refractivity contribution is 5.81. The SMILES string of the molecule is Cc1nn(C)c(C)c1-c1cc(C=O)cc(OCC2CC2)c1. The molecule has 1 aromatic heterocycles. The zero-order chi connectivity index (χ0) is 15.0. The topological polar surface area (TPSA) is 44.1 Å². The smallest absolute Gasteiger partial charge is 0.150 e. The lowest BCUT2D eigenvalue weighted by Gasteiger charge is -2.09. The Morgan fingerprint density at radius 3 is 2.67 bits per heavy atom. The Morgan fingerprint density at radius 1 is 1.33 bits per heavy atom. The molecule has 4 nitrogen and oxygen atoms in total. The Labute approximate surface area is 124 Å². The van der Waals surface area contributed by atoms with E-state index in [1.165, 1.54) is 12.8 Å². The van der Waals surface area contributed by atoms with Gasteiger partial charge in [0, 0.05) is 23.9 Å². The molecule has 2 aromatic rings. The third-order valence-electron chi connectivity index (χ3n) is 4.05. The summed E-state index contributed by atoms with van der Waals surface area (Å²) in [4.78, 5) is 11.2.